The van der Waals surface area contributed by atoms with Gasteiger partial charge in [0.2, 0.25) is 10.0 Å². The van der Waals surface area contributed by atoms with E-state index in [2.05, 4.69) is 14.9 Å². The molecule has 0 aromatic carbocycles. The Labute approximate surface area is 120 Å². The van der Waals surface area contributed by atoms with E-state index in [-0.39, 0.29) is 12.3 Å². The van der Waals surface area contributed by atoms with Crippen LogP contribution in [0.25, 0.3) is 0 Å². The molecule has 0 spiro atoms. The summed E-state index contributed by atoms with van der Waals surface area (Å²) in [6, 6.07) is 0. The van der Waals surface area contributed by atoms with Crippen LogP contribution in [0.1, 0.15) is 37.1 Å². The van der Waals surface area contributed by atoms with Crippen LogP contribution in [0.5, 0.6) is 0 Å². The number of aryl methyl sites for hydroxylation is 2. The Hall–Kier alpha value is -0.950. The number of aromatic nitrogens is 3. The molecule has 3 rings (SSSR count). The molecule has 3 atom stereocenters. The van der Waals surface area contributed by atoms with Gasteiger partial charge in [-0.15, -0.1) is 0 Å². The largest absolute Gasteiger partial charge is 0.212 e. The monoisotopic (exact) mass is 298 g/mol. The van der Waals surface area contributed by atoms with E-state index in [1.54, 1.807) is 7.05 Å². The van der Waals surface area contributed by atoms with E-state index in [1.807, 2.05) is 6.92 Å². The lowest BCUT2D eigenvalue weighted by atomic mass is 9.90. The van der Waals surface area contributed by atoms with Crippen molar-refractivity contribution < 1.29 is 8.42 Å². The van der Waals surface area contributed by atoms with Gasteiger partial charge in [-0.2, -0.15) is 15.0 Å². The molecule has 1 aromatic rings. The first-order valence-corrected chi connectivity index (χ1v) is 8.92. The van der Waals surface area contributed by atoms with E-state index < -0.39 is 10.0 Å². The first-order chi connectivity index (χ1) is 9.43. The summed E-state index contributed by atoms with van der Waals surface area (Å²) in [5.41, 5.74) is 1.47. The highest BCUT2D eigenvalue weighted by molar-refractivity contribution is 7.89. The molecule has 0 radical (unpaired) electrons. The zero-order chi connectivity index (χ0) is 14.3. The first-order valence-electron chi connectivity index (χ1n) is 7.27. The average Bonchev–Trinajstić information content (AvgIpc) is 3.02. The van der Waals surface area contributed by atoms with Gasteiger partial charge in [-0.1, -0.05) is 6.42 Å². The van der Waals surface area contributed by atoms with Crippen LogP contribution in [0.3, 0.4) is 0 Å². The van der Waals surface area contributed by atoms with Crippen LogP contribution in [0.2, 0.25) is 0 Å². The third-order valence-corrected chi connectivity index (χ3v) is 6.21. The number of nitrogens with zero attached hydrogens (tertiary/aromatic N) is 3. The molecule has 7 heteroatoms. The molecule has 1 heterocycles. The summed E-state index contributed by atoms with van der Waals surface area (Å²) in [4.78, 5) is 1.47. The number of fused-ring (bicyclic) bond motifs is 2. The lowest BCUT2D eigenvalue weighted by molar-refractivity contribution is 0.359. The second kappa shape index (κ2) is 5.11. The Morgan fingerprint density at radius 3 is 2.65 bits per heavy atom. The molecule has 2 aliphatic carbocycles. The molecule has 2 aliphatic rings. The maximum absolute atomic E-state index is 12.2. The molecule has 2 bridgehead atoms. The van der Waals surface area contributed by atoms with Crippen molar-refractivity contribution in [2.75, 3.05) is 5.75 Å². The standard InChI is InChI=1S/C13H22N4O2S/c1-9-13(16-17(2)15-9)7-14-20(18,19)8-12-6-10-3-4-11(12)5-10/h10-12,14H,3-8H2,1-2H3. The molecule has 3 unspecified atom stereocenters. The zero-order valence-corrected chi connectivity index (χ0v) is 12.9. The molecule has 6 nitrogen and oxygen atoms in total. The molecule has 1 N–H and O–H groups in total. The lowest BCUT2D eigenvalue weighted by Crippen LogP contribution is -2.31. The van der Waals surface area contributed by atoms with Crippen molar-refractivity contribution in [1.29, 1.82) is 0 Å². The van der Waals surface area contributed by atoms with Gasteiger partial charge in [-0.3, -0.25) is 0 Å². The molecule has 0 aliphatic heterocycles. The van der Waals surface area contributed by atoms with Crippen molar-refractivity contribution in [3.05, 3.63) is 11.4 Å². The average molecular weight is 298 g/mol. The predicted octanol–water partition coefficient (Wildman–Crippen LogP) is 0.979. The van der Waals surface area contributed by atoms with Crippen LogP contribution >= 0.6 is 0 Å². The highest BCUT2D eigenvalue weighted by atomic mass is 32.2. The molecule has 0 amide bonds. The van der Waals surface area contributed by atoms with Crippen molar-refractivity contribution in [2.45, 2.75) is 39.2 Å². The van der Waals surface area contributed by atoms with Gasteiger partial charge in [0, 0.05) is 7.05 Å². The van der Waals surface area contributed by atoms with Crippen molar-refractivity contribution in [2.24, 2.45) is 24.8 Å². The van der Waals surface area contributed by atoms with E-state index >= 15 is 0 Å². The smallest absolute Gasteiger partial charge is 0.212 e. The van der Waals surface area contributed by atoms with Crippen LogP contribution < -0.4 is 4.72 Å². The van der Waals surface area contributed by atoms with Crippen molar-refractivity contribution >= 4 is 10.0 Å². The normalized spacial score (nSPS) is 29.2. The van der Waals surface area contributed by atoms with E-state index in [0.717, 1.165) is 18.0 Å². The minimum absolute atomic E-state index is 0.239. The van der Waals surface area contributed by atoms with Crippen molar-refractivity contribution in [1.82, 2.24) is 19.7 Å². The summed E-state index contributed by atoms with van der Waals surface area (Å²) in [5.74, 6) is 2.04. The molecule has 112 valence electrons. The van der Waals surface area contributed by atoms with E-state index in [1.165, 1.54) is 24.1 Å². The summed E-state index contributed by atoms with van der Waals surface area (Å²) in [5, 5.41) is 8.28. The first kappa shape index (κ1) is 14.0. The third-order valence-electron chi connectivity index (χ3n) is 4.76. The van der Waals surface area contributed by atoms with Gasteiger partial charge in [0.15, 0.2) is 0 Å². The van der Waals surface area contributed by atoms with E-state index in [9.17, 15) is 8.42 Å². The zero-order valence-electron chi connectivity index (χ0n) is 12.0. The minimum atomic E-state index is -3.22. The van der Waals surface area contributed by atoms with Gasteiger partial charge in [-0.05, 0) is 43.9 Å². The van der Waals surface area contributed by atoms with Gasteiger partial charge in [0.25, 0.3) is 0 Å². The highest BCUT2D eigenvalue weighted by Crippen LogP contribution is 2.48. The molecule has 0 saturated heterocycles. The Morgan fingerprint density at radius 1 is 1.30 bits per heavy atom. The molecular formula is C13H22N4O2S. The fraction of sp³-hybridized carbons (Fsp3) is 0.846. The van der Waals surface area contributed by atoms with Gasteiger partial charge >= 0.3 is 0 Å². The number of sulfonamides is 1. The molecule has 20 heavy (non-hydrogen) atoms. The second-order valence-corrected chi connectivity index (χ2v) is 8.11. The fourth-order valence-electron chi connectivity index (χ4n) is 3.81. The fourth-order valence-corrected chi connectivity index (χ4v) is 5.25. The Balaban J connectivity index is 1.57. The highest BCUT2D eigenvalue weighted by Gasteiger charge is 2.41. The molecule has 2 fully saturated rings. The minimum Gasteiger partial charge on any atom is -0.212 e. The Bertz CT molecular complexity index is 596. The predicted molar refractivity (Wildman–Crippen MR) is 75.3 cm³/mol. The maximum atomic E-state index is 12.2. The number of hydrogen-bond donors (Lipinski definition) is 1. The van der Waals surface area contributed by atoms with E-state index in [4.69, 9.17) is 0 Å². The number of nitrogens with one attached hydrogen (secondary N) is 1. The van der Waals surface area contributed by atoms with Crippen LogP contribution in [0.4, 0.5) is 0 Å². The number of hydrogen-bond acceptors (Lipinski definition) is 4. The van der Waals surface area contributed by atoms with Crippen LogP contribution in [0.15, 0.2) is 0 Å². The molecular weight excluding hydrogens is 276 g/mol. The van der Waals surface area contributed by atoms with Gasteiger partial charge in [0.05, 0.1) is 18.0 Å². The SMILES string of the molecule is Cc1nn(C)nc1CNS(=O)(=O)CC1CC2CCC1C2. The molecule has 2 saturated carbocycles. The van der Waals surface area contributed by atoms with Gasteiger partial charge in [-0.25, -0.2) is 13.1 Å². The van der Waals surface area contributed by atoms with Crippen LogP contribution in [0, 0.1) is 24.7 Å². The van der Waals surface area contributed by atoms with E-state index in [0.29, 0.717) is 17.5 Å². The number of rotatable bonds is 5. The van der Waals surface area contributed by atoms with Crippen molar-refractivity contribution in [3.63, 3.8) is 0 Å². The summed E-state index contributed by atoms with van der Waals surface area (Å²) in [6.45, 7) is 2.08. The summed E-state index contributed by atoms with van der Waals surface area (Å²) >= 11 is 0. The summed E-state index contributed by atoms with van der Waals surface area (Å²) in [7, 11) is -1.48. The maximum Gasteiger partial charge on any atom is 0.212 e. The van der Waals surface area contributed by atoms with Crippen molar-refractivity contribution in [3.8, 4) is 0 Å². The second-order valence-electron chi connectivity index (χ2n) is 6.26. The van der Waals surface area contributed by atoms with Gasteiger partial charge < -0.3 is 0 Å². The third kappa shape index (κ3) is 2.88. The summed E-state index contributed by atoms with van der Waals surface area (Å²) < 4.78 is 27.0. The van der Waals surface area contributed by atoms with Crippen LogP contribution in [-0.2, 0) is 23.6 Å². The topological polar surface area (TPSA) is 76.9 Å². The molecule has 1 aromatic heterocycles. The summed E-state index contributed by atoms with van der Waals surface area (Å²) in [6.07, 6.45) is 4.85. The Kier molecular flexibility index (Phi) is 3.58. The quantitative estimate of drug-likeness (QED) is 0.879. The van der Waals surface area contributed by atoms with Crippen LogP contribution in [-0.4, -0.2) is 29.2 Å². The Morgan fingerprint density at radius 2 is 2.10 bits per heavy atom. The van der Waals surface area contributed by atoms with Gasteiger partial charge in [0.1, 0.15) is 5.69 Å². The lowest BCUT2D eigenvalue weighted by Gasteiger charge is -2.21.